The molecule has 122 valence electrons. The Balaban J connectivity index is 2.04. The van der Waals surface area contributed by atoms with Gasteiger partial charge in [0, 0.05) is 5.92 Å². The maximum Gasteiger partial charge on any atom is 0.237 e. The third-order valence-electron chi connectivity index (χ3n) is 3.36. The smallest absolute Gasteiger partial charge is 0.237 e. The fraction of sp³-hybridized carbons (Fsp3) is 0.533. The number of amides is 1. The maximum absolute atomic E-state index is 13.6. The average Bonchev–Trinajstić information content (AvgIpc) is 3.08. The first kappa shape index (κ1) is 16.9. The largest absolute Gasteiger partial charge is 0.274 e. The first-order valence-corrected chi connectivity index (χ1v) is 8.63. The predicted octanol–water partition coefficient (Wildman–Crippen LogP) is 2.56. The fourth-order valence-corrected chi connectivity index (χ4v) is 4.13. The maximum atomic E-state index is 13.6. The highest BCUT2D eigenvalue weighted by Gasteiger charge is 2.46. The third kappa shape index (κ3) is 4.25. The van der Waals surface area contributed by atoms with Crippen LogP contribution in [-0.4, -0.2) is 20.1 Å². The molecule has 0 heterocycles. The van der Waals surface area contributed by atoms with Crippen LogP contribution in [0.15, 0.2) is 18.2 Å². The topological polar surface area (TPSA) is 63.2 Å². The Kier molecular flexibility index (Phi) is 4.30. The summed E-state index contributed by atoms with van der Waals surface area (Å²) in [6, 6.07) is 3.06. The lowest BCUT2D eigenvalue weighted by molar-refractivity contribution is -0.120. The molecule has 0 bridgehead atoms. The minimum atomic E-state index is -3.73. The molecule has 1 aromatic rings. The SMILES string of the molecule is CC(C)(C)CS(=O)(=O)NC(=O)[C@H]1C[C@H]1c1cc(F)ccc1F. The summed E-state index contributed by atoms with van der Waals surface area (Å²) in [5.41, 5.74) is -0.364. The molecule has 0 saturated heterocycles. The fourth-order valence-electron chi connectivity index (χ4n) is 2.46. The van der Waals surface area contributed by atoms with E-state index in [1.165, 1.54) is 0 Å². The van der Waals surface area contributed by atoms with E-state index in [-0.39, 0.29) is 11.3 Å². The van der Waals surface area contributed by atoms with Crippen LogP contribution in [0.3, 0.4) is 0 Å². The van der Waals surface area contributed by atoms with Crippen LogP contribution in [0.25, 0.3) is 0 Å². The second-order valence-electron chi connectivity index (χ2n) is 6.90. The molecule has 4 nitrogen and oxygen atoms in total. The molecule has 0 aliphatic heterocycles. The number of rotatable bonds is 4. The van der Waals surface area contributed by atoms with Gasteiger partial charge in [0.2, 0.25) is 15.9 Å². The molecule has 1 fully saturated rings. The van der Waals surface area contributed by atoms with Crippen molar-refractivity contribution in [2.75, 3.05) is 5.75 Å². The molecule has 1 aromatic carbocycles. The Morgan fingerprint density at radius 1 is 1.32 bits per heavy atom. The lowest BCUT2D eigenvalue weighted by Gasteiger charge is -2.18. The molecule has 1 saturated carbocycles. The molecule has 7 heteroatoms. The van der Waals surface area contributed by atoms with Crippen molar-refractivity contribution in [2.24, 2.45) is 11.3 Å². The molecule has 1 aliphatic rings. The summed E-state index contributed by atoms with van der Waals surface area (Å²) in [6.07, 6.45) is 0.317. The summed E-state index contributed by atoms with van der Waals surface area (Å²) in [5.74, 6) is -3.11. The average molecular weight is 331 g/mol. The summed E-state index contributed by atoms with van der Waals surface area (Å²) >= 11 is 0. The summed E-state index contributed by atoms with van der Waals surface area (Å²) in [6.45, 7) is 5.25. The number of hydrogen-bond donors (Lipinski definition) is 1. The van der Waals surface area contributed by atoms with E-state index in [1.807, 2.05) is 4.72 Å². The number of sulfonamides is 1. The van der Waals surface area contributed by atoms with Crippen LogP contribution < -0.4 is 4.72 Å². The highest BCUT2D eigenvalue weighted by molar-refractivity contribution is 7.90. The van der Waals surface area contributed by atoms with Crippen molar-refractivity contribution < 1.29 is 22.0 Å². The van der Waals surface area contributed by atoms with Crippen molar-refractivity contribution in [2.45, 2.75) is 33.1 Å². The van der Waals surface area contributed by atoms with E-state index in [1.54, 1.807) is 20.8 Å². The first-order valence-electron chi connectivity index (χ1n) is 6.98. The van der Waals surface area contributed by atoms with Crippen molar-refractivity contribution in [3.05, 3.63) is 35.4 Å². The van der Waals surface area contributed by atoms with Crippen LogP contribution in [0.1, 0.15) is 38.7 Å². The molecule has 2 atom stereocenters. The number of nitrogens with one attached hydrogen (secondary N) is 1. The third-order valence-corrected chi connectivity index (χ3v) is 5.12. The highest BCUT2D eigenvalue weighted by Crippen LogP contribution is 2.48. The molecule has 22 heavy (non-hydrogen) atoms. The van der Waals surface area contributed by atoms with Crippen molar-refractivity contribution in [3.8, 4) is 0 Å². The van der Waals surface area contributed by atoms with E-state index in [9.17, 15) is 22.0 Å². The molecule has 1 N–H and O–H groups in total. The van der Waals surface area contributed by atoms with Crippen LogP contribution in [0.2, 0.25) is 0 Å². The van der Waals surface area contributed by atoms with Gasteiger partial charge in [0.1, 0.15) is 11.6 Å². The van der Waals surface area contributed by atoms with Gasteiger partial charge in [-0.25, -0.2) is 17.2 Å². The van der Waals surface area contributed by atoms with Gasteiger partial charge in [-0.3, -0.25) is 9.52 Å². The molecule has 0 aromatic heterocycles. The lowest BCUT2D eigenvalue weighted by Crippen LogP contribution is -2.37. The highest BCUT2D eigenvalue weighted by atomic mass is 32.2. The van der Waals surface area contributed by atoms with Crippen LogP contribution in [0, 0.1) is 23.0 Å². The van der Waals surface area contributed by atoms with E-state index < -0.39 is 44.8 Å². The van der Waals surface area contributed by atoms with E-state index in [4.69, 9.17) is 0 Å². The normalized spacial score (nSPS) is 21.5. The van der Waals surface area contributed by atoms with Gasteiger partial charge in [0.05, 0.1) is 5.75 Å². The lowest BCUT2D eigenvalue weighted by atomic mass is 10.0. The number of carbonyl (C=O) groups is 1. The number of halogens is 2. The van der Waals surface area contributed by atoms with Gasteiger partial charge in [0.15, 0.2) is 0 Å². The zero-order chi connectivity index (χ0) is 16.7. The zero-order valence-electron chi connectivity index (χ0n) is 12.7. The molecule has 0 radical (unpaired) electrons. The van der Waals surface area contributed by atoms with Gasteiger partial charge in [-0.2, -0.15) is 0 Å². The Morgan fingerprint density at radius 3 is 2.55 bits per heavy atom. The van der Waals surface area contributed by atoms with E-state index in [2.05, 4.69) is 0 Å². The van der Waals surface area contributed by atoms with Crippen molar-refractivity contribution in [1.82, 2.24) is 4.72 Å². The van der Waals surface area contributed by atoms with Crippen molar-refractivity contribution >= 4 is 15.9 Å². The predicted molar refractivity (Wildman–Crippen MR) is 78.6 cm³/mol. The number of hydrogen-bond acceptors (Lipinski definition) is 3. The monoisotopic (exact) mass is 331 g/mol. The Bertz CT molecular complexity index is 695. The zero-order valence-corrected chi connectivity index (χ0v) is 13.5. The minimum Gasteiger partial charge on any atom is -0.274 e. The van der Waals surface area contributed by atoms with Gasteiger partial charge in [-0.05, 0) is 41.5 Å². The van der Waals surface area contributed by atoms with Crippen LogP contribution in [0.4, 0.5) is 8.78 Å². The summed E-state index contributed by atoms with van der Waals surface area (Å²) in [5, 5.41) is 0. The van der Waals surface area contributed by atoms with Gasteiger partial charge in [-0.1, -0.05) is 20.8 Å². The van der Waals surface area contributed by atoms with Crippen LogP contribution in [-0.2, 0) is 14.8 Å². The van der Waals surface area contributed by atoms with Gasteiger partial charge < -0.3 is 0 Å². The Labute approximate surface area is 129 Å². The van der Waals surface area contributed by atoms with E-state index in [0.717, 1.165) is 18.2 Å². The first-order chi connectivity index (χ1) is 9.98. The van der Waals surface area contributed by atoms with E-state index in [0.29, 0.717) is 6.42 Å². The Hall–Kier alpha value is -1.50. The Morgan fingerprint density at radius 2 is 1.95 bits per heavy atom. The summed E-state index contributed by atoms with van der Waals surface area (Å²) in [7, 11) is -3.73. The standard InChI is InChI=1S/C15H19F2NO3S/c1-15(2,3)8-22(20,21)18-14(19)12-7-10(12)11-6-9(16)4-5-13(11)17/h4-6,10,12H,7-8H2,1-3H3,(H,18,19)/t10-,12-/m0/s1. The molecule has 0 unspecified atom stereocenters. The number of carbonyl (C=O) groups excluding carboxylic acids is 1. The second kappa shape index (κ2) is 5.61. The van der Waals surface area contributed by atoms with Crippen LogP contribution in [0.5, 0.6) is 0 Å². The van der Waals surface area contributed by atoms with Gasteiger partial charge in [0.25, 0.3) is 0 Å². The summed E-state index contributed by atoms with van der Waals surface area (Å²) < 4.78 is 52.6. The molecule has 1 amide bonds. The van der Waals surface area contributed by atoms with E-state index >= 15 is 0 Å². The second-order valence-corrected chi connectivity index (χ2v) is 8.62. The van der Waals surface area contributed by atoms with Gasteiger partial charge >= 0.3 is 0 Å². The van der Waals surface area contributed by atoms with Crippen LogP contribution >= 0.6 is 0 Å². The number of benzene rings is 1. The minimum absolute atomic E-state index is 0.119. The molecule has 0 spiro atoms. The molecule has 1 aliphatic carbocycles. The van der Waals surface area contributed by atoms with Crippen molar-refractivity contribution in [3.63, 3.8) is 0 Å². The quantitative estimate of drug-likeness (QED) is 0.922. The summed E-state index contributed by atoms with van der Waals surface area (Å²) in [4.78, 5) is 12.0. The molecule has 2 rings (SSSR count). The molecular formula is C15H19F2NO3S. The molecular weight excluding hydrogens is 312 g/mol. The van der Waals surface area contributed by atoms with Crippen molar-refractivity contribution in [1.29, 1.82) is 0 Å². The van der Waals surface area contributed by atoms with Gasteiger partial charge in [-0.15, -0.1) is 0 Å².